The first-order chi connectivity index (χ1) is 6.52. The first kappa shape index (κ1) is 9.59. The summed E-state index contributed by atoms with van der Waals surface area (Å²) in [4.78, 5) is 5.32. The number of hydrogen-bond acceptors (Lipinski definition) is 5. The smallest absolute Gasteiger partial charge is 0.272 e. The highest BCUT2D eigenvalue weighted by Gasteiger charge is 2.16. The molecule has 0 atom stereocenters. The van der Waals surface area contributed by atoms with Crippen LogP contribution in [0.5, 0.6) is 0 Å². The molecule has 0 aromatic carbocycles. The van der Waals surface area contributed by atoms with Crippen LogP contribution < -0.4 is 10.9 Å². The molecule has 76 valence electrons. The summed E-state index contributed by atoms with van der Waals surface area (Å²) < 4.78 is 23.6. The highest BCUT2D eigenvalue weighted by atomic mass is 32.2. The van der Waals surface area contributed by atoms with Crippen LogP contribution in [0, 0.1) is 0 Å². The van der Waals surface area contributed by atoms with Gasteiger partial charge in [0.05, 0.1) is 6.20 Å². The molecule has 8 heteroatoms. The van der Waals surface area contributed by atoms with Gasteiger partial charge in [0.1, 0.15) is 4.83 Å². The largest absolute Gasteiger partial charge is 0.326 e. The lowest BCUT2D eigenvalue weighted by molar-refractivity contribution is 0.588. The maximum atomic E-state index is 11.1. The number of rotatable bonds is 2. The van der Waals surface area contributed by atoms with Gasteiger partial charge in [-0.25, -0.2) is 18.5 Å². The van der Waals surface area contributed by atoms with E-state index >= 15 is 0 Å². The molecular weight excluding hydrogens is 224 g/mol. The fourth-order valence-electron chi connectivity index (χ4n) is 1.13. The Morgan fingerprint density at radius 3 is 2.86 bits per heavy atom. The molecule has 2 aromatic heterocycles. The van der Waals surface area contributed by atoms with Gasteiger partial charge in [-0.1, -0.05) is 0 Å². The molecule has 0 unspecified atom stereocenters. The van der Waals surface area contributed by atoms with E-state index in [0.717, 1.165) is 9.71 Å². The maximum Gasteiger partial charge on any atom is 0.272 e. The first-order valence-corrected chi connectivity index (χ1v) is 6.07. The lowest BCUT2D eigenvalue weighted by Gasteiger charge is -1.92. The Balaban J connectivity index is 2.74. The Hall–Kier alpha value is -0.960. The first-order valence-electron chi connectivity index (χ1n) is 3.71. The van der Waals surface area contributed by atoms with E-state index in [1.54, 1.807) is 6.20 Å². The van der Waals surface area contributed by atoms with Gasteiger partial charge in [-0.05, 0) is 0 Å². The van der Waals surface area contributed by atoms with Crippen molar-refractivity contribution in [2.75, 3.05) is 0 Å². The van der Waals surface area contributed by atoms with Crippen LogP contribution in [-0.2, 0) is 16.6 Å². The minimum Gasteiger partial charge on any atom is -0.326 e. The average molecular weight is 232 g/mol. The topological polar surface area (TPSA) is 103 Å². The van der Waals surface area contributed by atoms with Crippen LogP contribution in [0.4, 0.5) is 0 Å². The van der Waals surface area contributed by atoms with Crippen LogP contribution in [0.15, 0.2) is 17.6 Å². The standard InChI is InChI=1S/C6H8N4O2S2/c7-1-4-3-10-5(13-4)2-9-6(10)14(8,11)12/h2-3H,1,7H2,(H2,8,11,12). The van der Waals surface area contributed by atoms with Crippen molar-refractivity contribution in [1.29, 1.82) is 0 Å². The second kappa shape index (κ2) is 3.02. The van der Waals surface area contributed by atoms with Crippen LogP contribution in [0.25, 0.3) is 4.83 Å². The highest BCUT2D eigenvalue weighted by Crippen LogP contribution is 2.20. The third kappa shape index (κ3) is 1.42. The predicted octanol–water partition coefficient (Wildman–Crippen LogP) is -0.498. The molecule has 0 fully saturated rings. The molecule has 0 radical (unpaired) electrons. The van der Waals surface area contributed by atoms with Gasteiger partial charge in [0.2, 0.25) is 5.16 Å². The summed E-state index contributed by atoms with van der Waals surface area (Å²) in [6, 6.07) is 0. The molecule has 6 nitrogen and oxygen atoms in total. The second-order valence-corrected chi connectivity index (χ2v) is 5.30. The van der Waals surface area contributed by atoms with Crippen molar-refractivity contribution in [2.45, 2.75) is 11.7 Å². The SMILES string of the molecule is NCc1cn2c(S(N)(=O)=O)ncc2s1. The molecule has 2 aromatic rings. The third-order valence-electron chi connectivity index (χ3n) is 1.69. The zero-order valence-electron chi connectivity index (χ0n) is 7.04. The van der Waals surface area contributed by atoms with E-state index in [1.807, 2.05) is 0 Å². The van der Waals surface area contributed by atoms with E-state index < -0.39 is 10.0 Å². The van der Waals surface area contributed by atoms with E-state index in [1.165, 1.54) is 21.9 Å². The Morgan fingerprint density at radius 2 is 2.29 bits per heavy atom. The lowest BCUT2D eigenvalue weighted by atomic mass is 10.6. The average Bonchev–Trinajstić information content (AvgIpc) is 2.57. The fraction of sp³-hybridized carbons (Fsp3) is 0.167. The summed E-state index contributed by atoms with van der Waals surface area (Å²) in [5.41, 5.74) is 5.43. The molecular formula is C6H8N4O2S2. The summed E-state index contributed by atoms with van der Waals surface area (Å²) in [6.45, 7) is 0.371. The molecule has 14 heavy (non-hydrogen) atoms. The quantitative estimate of drug-likeness (QED) is 0.728. The van der Waals surface area contributed by atoms with Crippen LogP contribution in [-0.4, -0.2) is 17.8 Å². The van der Waals surface area contributed by atoms with Crippen molar-refractivity contribution >= 4 is 26.2 Å². The molecule has 0 aliphatic rings. The number of thiazole rings is 1. The van der Waals surface area contributed by atoms with Crippen molar-refractivity contribution in [2.24, 2.45) is 10.9 Å². The number of primary sulfonamides is 1. The van der Waals surface area contributed by atoms with Gasteiger partial charge >= 0.3 is 0 Å². The van der Waals surface area contributed by atoms with Crippen LogP contribution >= 0.6 is 11.3 Å². The van der Waals surface area contributed by atoms with Crippen molar-refractivity contribution in [3.8, 4) is 0 Å². The normalized spacial score (nSPS) is 12.4. The van der Waals surface area contributed by atoms with Gasteiger partial charge < -0.3 is 5.73 Å². The molecule has 0 saturated carbocycles. The number of hydrogen-bond donors (Lipinski definition) is 2. The third-order valence-corrected chi connectivity index (χ3v) is 3.55. The lowest BCUT2D eigenvalue weighted by Crippen LogP contribution is -2.15. The van der Waals surface area contributed by atoms with Gasteiger partial charge in [0.25, 0.3) is 10.0 Å². The molecule has 0 bridgehead atoms. The fourth-order valence-corrected chi connectivity index (χ4v) is 2.67. The van der Waals surface area contributed by atoms with E-state index in [-0.39, 0.29) is 5.16 Å². The number of nitrogens with zero attached hydrogens (tertiary/aromatic N) is 2. The van der Waals surface area contributed by atoms with Crippen molar-refractivity contribution in [3.63, 3.8) is 0 Å². The Labute approximate surface area is 84.2 Å². The van der Waals surface area contributed by atoms with Crippen LogP contribution in [0.1, 0.15) is 4.88 Å². The highest BCUT2D eigenvalue weighted by molar-refractivity contribution is 7.89. The molecule has 4 N–H and O–H groups in total. The van der Waals surface area contributed by atoms with E-state index in [9.17, 15) is 8.42 Å². The van der Waals surface area contributed by atoms with Gasteiger partial charge in [-0.2, -0.15) is 0 Å². The van der Waals surface area contributed by atoms with Gasteiger partial charge in [0, 0.05) is 17.6 Å². The number of sulfonamides is 1. The number of fused-ring (bicyclic) bond motifs is 1. The van der Waals surface area contributed by atoms with Gasteiger partial charge in [0.15, 0.2) is 0 Å². The summed E-state index contributed by atoms with van der Waals surface area (Å²) in [5.74, 6) is 0. The van der Waals surface area contributed by atoms with Crippen molar-refractivity contribution in [3.05, 3.63) is 17.3 Å². The Morgan fingerprint density at radius 1 is 1.57 bits per heavy atom. The monoisotopic (exact) mass is 232 g/mol. The molecule has 0 amide bonds. The van der Waals surface area contributed by atoms with E-state index in [4.69, 9.17) is 10.9 Å². The van der Waals surface area contributed by atoms with Gasteiger partial charge in [-0.15, -0.1) is 11.3 Å². The zero-order valence-corrected chi connectivity index (χ0v) is 8.68. The molecule has 0 aliphatic heterocycles. The summed E-state index contributed by atoms with van der Waals surface area (Å²) in [6.07, 6.45) is 3.09. The maximum absolute atomic E-state index is 11.1. The minimum atomic E-state index is -3.76. The van der Waals surface area contributed by atoms with Crippen molar-refractivity contribution < 1.29 is 8.42 Å². The zero-order chi connectivity index (χ0) is 10.3. The molecule has 0 saturated heterocycles. The van der Waals surface area contributed by atoms with Crippen molar-refractivity contribution in [1.82, 2.24) is 9.38 Å². The van der Waals surface area contributed by atoms with Crippen LogP contribution in [0.3, 0.4) is 0 Å². The molecule has 0 spiro atoms. The summed E-state index contributed by atoms with van der Waals surface area (Å²) >= 11 is 1.39. The molecule has 0 aliphatic carbocycles. The Bertz CT molecular complexity index is 568. The Kier molecular flexibility index (Phi) is 2.07. The predicted molar refractivity (Wildman–Crippen MR) is 52.3 cm³/mol. The number of nitrogens with two attached hydrogens (primary N) is 2. The molecule has 2 rings (SSSR count). The summed E-state index contributed by atoms with van der Waals surface area (Å²) in [5, 5.41) is 4.83. The second-order valence-electron chi connectivity index (χ2n) is 2.70. The van der Waals surface area contributed by atoms with E-state index in [2.05, 4.69) is 4.98 Å². The van der Waals surface area contributed by atoms with E-state index in [0.29, 0.717) is 6.54 Å². The van der Waals surface area contributed by atoms with Gasteiger partial charge in [-0.3, -0.25) is 4.40 Å². The number of imidazole rings is 1. The molecule has 2 heterocycles. The number of aromatic nitrogens is 2. The van der Waals surface area contributed by atoms with Crippen LogP contribution in [0.2, 0.25) is 0 Å². The summed E-state index contributed by atoms with van der Waals surface area (Å²) in [7, 11) is -3.76. The minimum absolute atomic E-state index is 0.150.